The van der Waals surface area contributed by atoms with Gasteiger partial charge in [0, 0.05) is 18.8 Å². The molecule has 0 aromatic rings. The summed E-state index contributed by atoms with van der Waals surface area (Å²) in [6.07, 6.45) is 11.1. The van der Waals surface area contributed by atoms with Gasteiger partial charge in [0.05, 0.1) is 12.8 Å². The zero-order chi connectivity index (χ0) is 13.8. The molecule has 0 N–H and O–H groups in total. The number of nitrogens with zero attached hydrogens (tertiary/aromatic N) is 1. The lowest BCUT2D eigenvalue weighted by molar-refractivity contribution is -0.0145. The highest BCUT2D eigenvalue weighted by Gasteiger charge is 2.13. The standard InChI is InChI=1S/C16H33NOS/c1-3-5-13-19-14-16(10-4-2)18-15-17-11-8-6-7-9-12-17/h16H,3-15H2,1-2H3. The smallest absolute Gasteiger partial charge is 0.0994 e. The second-order valence-electron chi connectivity index (χ2n) is 5.67. The van der Waals surface area contributed by atoms with E-state index in [4.69, 9.17) is 4.74 Å². The molecule has 1 unspecified atom stereocenters. The van der Waals surface area contributed by atoms with Crippen LogP contribution in [-0.4, -0.2) is 42.3 Å². The number of likely N-dealkylation sites (tertiary alicyclic amines) is 1. The van der Waals surface area contributed by atoms with Crippen molar-refractivity contribution >= 4 is 11.8 Å². The van der Waals surface area contributed by atoms with Crippen molar-refractivity contribution < 1.29 is 4.74 Å². The van der Waals surface area contributed by atoms with Crippen molar-refractivity contribution in [3.63, 3.8) is 0 Å². The van der Waals surface area contributed by atoms with E-state index in [1.165, 1.54) is 76.0 Å². The third-order valence-electron chi connectivity index (χ3n) is 3.75. The largest absolute Gasteiger partial charge is 0.362 e. The molecule has 3 heteroatoms. The van der Waals surface area contributed by atoms with E-state index in [0.717, 1.165) is 6.73 Å². The molecule has 1 atom stereocenters. The topological polar surface area (TPSA) is 12.5 Å². The van der Waals surface area contributed by atoms with Crippen molar-refractivity contribution in [2.75, 3.05) is 31.3 Å². The molecular weight excluding hydrogens is 254 g/mol. The molecule has 0 saturated carbocycles. The fourth-order valence-corrected chi connectivity index (χ4v) is 3.66. The van der Waals surface area contributed by atoms with Crippen molar-refractivity contribution in [3.05, 3.63) is 0 Å². The molecule has 1 aliphatic heterocycles. The number of unbranched alkanes of at least 4 members (excludes halogenated alkanes) is 1. The van der Waals surface area contributed by atoms with E-state index in [1.54, 1.807) is 0 Å². The summed E-state index contributed by atoms with van der Waals surface area (Å²) in [5.41, 5.74) is 0. The van der Waals surface area contributed by atoms with Crippen LogP contribution in [0.25, 0.3) is 0 Å². The summed E-state index contributed by atoms with van der Waals surface area (Å²) in [5, 5.41) is 0. The number of ether oxygens (including phenoxy) is 1. The van der Waals surface area contributed by atoms with E-state index in [0.29, 0.717) is 6.10 Å². The molecule has 1 aliphatic rings. The van der Waals surface area contributed by atoms with Crippen molar-refractivity contribution in [1.29, 1.82) is 0 Å². The Morgan fingerprint density at radius 1 is 1.05 bits per heavy atom. The van der Waals surface area contributed by atoms with Gasteiger partial charge in [0.2, 0.25) is 0 Å². The van der Waals surface area contributed by atoms with Gasteiger partial charge in [-0.25, -0.2) is 0 Å². The van der Waals surface area contributed by atoms with E-state index < -0.39 is 0 Å². The molecule has 0 bridgehead atoms. The second kappa shape index (κ2) is 12.0. The lowest BCUT2D eigenvalue weighted by Gasteiger charge is -2.24. The van der Waals surface area contributed by atoms with E-state index in [9.17, 15) is 0 Å². The van der Waals surface area contributed by atoms with Crippen LogP contribution in [0.1, 0.15) is 65.2 Å². The Morgan fingerprint density at radius 3 is 2.42 bits per heavy atom. The summed E-state index contributed by atoms with van der Waals surface area (Å²) in [5.74, 6) is 2.48. The zero-order valence-corrected chi connectivity index (χ0v) is 13.8. The summed E-state index contributed by atoms with van der Waals surface area (Å²) < 4.78 is 6.16. The Labute approximate surface area is 124 Å². The summed E-state index contributed by atoms with van der Waals surface area (Å²) in [6.45, 7) is 7.86. The van der Waals surface area contributed by atoms with Crippen LogP contribution >= 0.6 is 11.8 Å². The van der Waals surface area contributed by atoms with Gasteiger partial charge in [0.25, 0.3) is 0 Å². The SMILES string of the molecule is CCCCSCC(CCC)OCN1CCCCCC1. The molecule has 2 nitrogen and oxygen atoms in total. The molecule has 0 aliphatic carbocycles. The van der Waals surface area contributed by atoms with Crippen molar-refractivity contribution in [1.82, 2.24) is 4.90 Å². The Bertz CT molecular complexity index is 193. The molecule has 0 aromatic heterocycles. The van der Waals surface area contributed by atoms with E-state index in [2.05, 4.69) is 30.5 Å². The van der Waals surface area contributed by atoms with Gasteiger partial charge in [-0.3, -0.25) is 4.90 Å². The molecule has 1 saturated heterocycles. The molecule has 114 valence electrons. The van der Waals surface area contributed by atoms with E-state index >= 15 is 0 Å². The molecule has 1 fully saturated rings. The number of hydrogen-bond donors (Lipinski definition) is 0. The Morgan fingerprint density at radius 2 is 1.79 bits per heavy atom. The van der Waals surface area contributed by atoms with Crippen LogP contribution in [0.4, 0.5) is 0 Å². The molecule has 0 radical (unpaired) electrons. The van der Waals surface area contributed by atoms with Crippen molar-refractivity contribution in [2.24, 2.45) is 0 Å². The average Bonchev–Trinajstić information content (AvgIpc) is 2.69. The van der Waals surface area contributed by atoms with Crippen LogP contribution in [0.5, 0.6) is 0 Å². The van der Waals surface area contributed by atoms with Gasteiger partial charge in [-0.15, -0.1) is 0 Å². The first-order valence-corrected chi connectivity index (χ1v) is 9.44. The van der Waals surface area contributed by atoms with Crippen LogP contribution in [0.15, 0.2) is 0 Å². The first kappa shape index (κ1) is 17.3. The molecule has 0 spiro atoms. The second-order valence-corrected chi connectivity index (χ2v) is 6.82. The highest BCUT2D eigenvalue weighted by molar-refractivity contribution is 7.99. The van der Waals surface area contributed by atoms with Gasteiger partial charge in [-0.05, 0) is 31.4 Å². The maximum atomic E-state index is 6.16. The summed E-state index contributed by atoms with van der Waals surface area (Å²) in [6, 6.07) is 0. The number of hydrogen-bond acceptors (Lipinski definition) is 3. The van der Waals surface area contributed by atoms with Crippen molar-refractivity contribution in [3.8, 4) is 0 Å². The first-order valence-electron chi connectivity index (χ1n) is 8.28. The van der Waals surface area contributed by atoms with Crippen LogP contribution in [0.2, 0.25) is 0 Å². The molecular formula is C16H33NOS. The van der Waals surface area contributed by atoms with Gasteiger partial charge in [0.15, 0.2) is 0 Å². The van der Waals surface area contributed by atoms with Crippen LogP contribution in [0, 0.1) is 0 Å². The number of rotatable bonds is 10. The Hall–Kier alpha value is 0.270. The summed E-state index contributed by atoms with van der Waals surface area (Å²) >= 11 is 2.07. The third-order valence-corrected chi connectivity index (χ3v) is 4.93. The predicted octanol–water partition coefficient (Wildman–Crippen LogP) is 4.54. The van der Waals surface area contributed by atoms with Crippen molar-refractivity contribution in [2.45, 2.75) is 71.3 Å². The van der Waals surface area contributed by atoms with E-state index in [1.807, 2.05) is 0 Å². The van der Waals surface area contributed by atoms with Crippen LogP contribution < -0.4 is 0 Å². The summed E-state index contributed by atoms with van der Waals surface area (Å²) in [7, 11) is 0. The van der Waals surface area contributed by atoms with Crippen LogP contribution in [-0.2, 0) is 4.74 Å². The van der Waals surface area contributed by atoms with Crippen LogP contribution in [0.3, 0.4) is 0 Å². The molecule has 19 heavy (non-hydrogen) atoms. The van der Waals surface area contributed by atoms with E-state index in [-0.39, 0.29) is 0 Å². The fourth-order valence-electron chi connectivity index (χ4n) is 2.47. The predicted molar refractivity (Wildman–Crippen MR) is 86.9 cm³/mol. The lowest BCUT2D eigenvalue weighted by Crippen LogP contribution is -2.31. The minimum Gasteiger partial charge on any atom is -0.362 e. The summed E-state index contributed by atoms with van der Waals surface area (Å²) in [4.78, 5) is 2.51. The quantitative estimate of drug-likeness (QED) is 0.547. The zero-order valence-electron chi connectivity index (χ0n) is 13.0. The molecule has 1 heterocycles. The first-order chi connectivity index (χ1) is 9.36. The van der Waals surface area contributed by atoms with Gasteiger partial charge < -0.3 is 4.74 Å². The highest BCUT2D eigenvalue weighted by atomic mass is 32.2. The minimum atomic E-state index is 0.468. The minimum absolute atomic E-state index is 0.468. The maximum Gasteiger partial charge on any atom is 0.0994 e. The molecule has 0 aromatic carbocycles. The Balaban J connectivity index is 2.15. The van der Waals surface area contributed by atoms with Gasteiger partial charge in [0.1, 0.15) is 0 Å². The third kappa shape index (κ3) is 8.93. The monoisotopic (exact) mass is 287 g/mol. The number of thioether (sulfide) groups is 1. The Kier molecular flexibility index (Phi) is 11.0. The highest BCUT2D eigenvalue weighted by Crippen LogP contribution is 2.15. The maximum absolute atomic E-state index is 6.16. The van der Waals surface area contributed by atoms with Gasteiger partial charge in [-0.1, -0.05) is 39.5 Å². The lowest BCUT2D eigenvalue weighted by atomic mass is 10.2. The molecule has 1 rings (SSSR count). The average molecular weight is 288 g/mol. The van der Waals surface area contributed by atoms with Gasteiger partial charge >= 0.3 is 0 Å². The fraction of sp³-hybridized carbons (Fsp3) is 1.00. The van der Waals surface area contributed by atoms with Gasteiger partial charge in [-0.2, -0.15) is 11.8 Å². The molecule has 0 amide bonds. The normalized spacial score (nSPS) is 19.3.